The fourth-order valence-corrected chi connectivity index (χ4v) is 2.47. The second-order valence-corrected chi connectivity index (χ2v) is 6.24. The minimum absolute atomic E-state index is 0.247. The zero-order chi connectivity index (χ0) is 20.5. The predicted octanol–water partition coefficient (Wildman–Crippen LogP) is 2.33. The van der Waals surface area contributed by atoms with Gasteiger partial charge in [-0.1, -0.05) is 18.2 Å². The van der Waals surface area contributed by atoms with Crippen LogP contribution in [0.1, 0.15) is 27.0 Å². The Balaban J connectivity index is 1.70. The molecule has 0 saturated heterocycles. The maximum Gasteiger partial charge on any atom is 0.344 e. The Bertz CT molecular complexity index is 824. The number of hydrogen-bond acceptors (Lipinski definition) is 6. The number of amides is 1. The van der Waals surface area contributed by atoms with Gasteiger partial charge in [0.25, 0.3) is 5.91 Å². The van der Waals surface area contributed by atoms with Gasteiger partial charge in [-0.15, -0.1) is 0 Å². The summed E-state index contributed by atoms with van der Waals surface area (Å²) in [5, 5.41) is 2.63. The Kier molecular flexibility index (Phi) is 7.56. The van der Waals surface area contributed by atoms with E-state index in [9.17, 15) is 14.4 Å². The van der Waals surface area contributed by atoms with Crippen molar-refractivity contribution in [2.75, 3.05) is 20.3 Å². The number of carbonyl (C=O) groups excluding carboxylic acids is 3. The molecule has 2 rings (SSSR count). The van der Waals surface area contributed by atoms with Crippen LogP contribution in [0, 0.1) is 13.8 Å². The highest BCUT2D eigenvalue weighted by Gasteiger charge is 2.09. The molecule has 0 unspecified atom stereocenters. The first-order valence-corrected chi connectivity index (χ1v) is 8.68. The smallest absolute Gasteiger partial charge is 0.344 e. The normalized spacial score (nSPS) is 10.1. The largest absolute Gasteiger partial charge is 0.482 e. The van der Waals surface area contributed by atoms with E-state index >= 15 is 0 Å². The maximum absolute atomic E-state index is 11.8. The average molecular weight is 385 g/mol. The van der Waals surface area contributed by atoms with Crippen molar-refractivity contribution in [2.45, 2.75) is 20.4 Å². The van der Waals surface area contributed by atoms with Crippen molar-refractivity contribution in [3.05, 3.63) is 64.7 Å². The molecule has 0 atom stereocenters. The number of rotatable bonds is 8. The average Bonchev–Trinajstić information content (AvgIpc) is 2.68. The summed E-state index contributed by atoms with van der Waals surface area (Å²) in [7, 11) is 1.31. The zero-order valence-electron chi connectivity index (χ0n) is 16.1. The van der Waals surface area contributed by atoms with E-state index in [1.54, 1.807) is 24.3 Å². The van der Waals surface area contributed by atoms with Crippen LogP contribution in [0.25, 0.3) is 0 Å². The molecule has 2 aromatic carbocycles. The van der Waals surface area contributed by atoms with E-state index in [0.717, 1.165) is 16.7 Å². The van der Waals surface area contributed by atoms with Gasteiger partial charge in [0.2, 0.25) is 0 Å². The van der Waals surface area contributed by atoms with Crippen molar-refractivity contribution < 1.29 is 28.6 Å². The van der Waals surface area contributed by atoms with E-state index in [1.807, 2.05) is 32.0 Å². The fraction of sp³-hybridized carbons (Fsp3) is 0.286. The van der Waals surface area contributed by atoms with Crippen LogP contribution in [0.15, 0.2) is 42.5 Å². The van der Waals surface area contributed by atoms with Crippen LogP contribution in [-0.4, -0.2) is 38.2 Å². The van der Waals surface area contributed by atoms with Crippen molar-refractivity contribution in [1.29, 1.82) is 0 Å². The molecule has 0 spiro atoms. The number of aryl methyl sites for hydroxylation is 2. The lowest BCUT2D eigenvalue weighted by molar-refractivity contribution is -0.150. The van der Waals surface area contributed by atoms with Crippen molar-refractivity contribution in [3.63, 3.8) is 0 Å². The summed E-state index contributed by atoms with van der Waals surface area (Å²) in [4.78, 5) is 34.9. The lowest BCUT2D eigenvalue weighted by Crippen LogP contribution is -2.29. The number of methoxy groups -OCH3 is 1. The molecule has 0 aliphatic rings. The predicted molar refractivity (Wildman–Crippen MR) is 102 cm³/mol. The molecule has 0 bridgehead atoms. The minimum atomic E-state index is -0.628. The number of nitrogens with one attached hydrogen (secondary N) is 1. The third kappa shape index (κ3) is 6.75. The third-order valence-electron chi connectivity index (χ3n) is 3.78. The van der Waals surface area contributed by atoms with Crippen LogP contribution >= 0.6 is 0 Å². The first-order valence-electron chi connectivity index (χ1n) is 8.68. The van der Waals surface area contributed by atoms with Crippen molar-refractivity contribution in [3.8, 4) is 5.75 Å². The van der Waals surface area contributed by atoms with Crippen LogP contribution in [0.3, 0.4) is 0 Å². The van der Waals surface area contributed by atoms with E-state index in [1.165, 1.54) is 7.11 Å². The summed E-state index contributed by atoms with van der Waals surface area (Å²) in [5.74, 6) is -0.909. The first kappa shape index (κ1) is 21.0. The lowest BCUT2D eigenvalue weighted by Gasteiger charge is -2.09. The summed E-state index contributed by atoms with van der Waals surface area (Å²) in [5.41, 5.74) is 3.28. The summed E-state index contributed by atoms with van der Waals surface area (Å²) in [6.07, 6.45) is 0. The first-order chi connectivity index (χ1) is 13.4. The van der Waals surface area contributed by atoms with Gasteiger partial charge in [0, 0.05) is 6.54 Å². The number of esters is 2. The molecular weight excluding hydrogens is 362 g/mol. The lowest BCUT2D eigenvalue weighted by atomic mass is 10.1. The molecule has 0 aromatic heterocycles. The molecule has 7 heteroatoms. The van der Waals surface area contributed by atoms with Gasteiger partial charge < -0.3 is 19.5 Å². The van der Waals surface area contributed by atoms with Crippen LogP contribution in [0.4, 0.5) is 0 Å². The molecule has 28 heavy (non-hydrogen) atoms. The second kappa shape index (κ2) is 10.1. The zero-order valence-corrected chi connectivity index (χ0v) is 16.1. The molecule has 0 saturated carbocycles. The Morgan fingerprint density at radius 2 is 1.57 bits per heavy atom. The molecule has 0 heterocycles. The molecule has 148 valence electrons. The summed E-state index contributed by atoms with van der Waals surface area (Å²) in [6, 6.07) is 12.3. The molecular formula is C21H23NO6. The highest BCUT2D eigenvalue weighted by atomic mass is 16.6. The van der Waals surface area contributed by atoms with Crippen molar-refractivity contribution in [1.82, 2.24) is 5.32 Å². The molecule has 1 amide bonds. The van der Waals surface area contributed by atoms with E-state index in [2.05, 4.69) is 10.1 Å². The van der Waals surface area contributed by atoms with E-state index < -0.39 is 24.5 Å². The van der Waals surface area contributed by atoms with Gasteiger partial charge in [0.1, 0.15) is 5.75 Å². The monoisotopic (exact) mass is 385 g/mol. The fourth-order valence-electron chi connectivity index (χ4n) is 2.47. The highest BCUT2D eigenvalue weighted by molar-refractivity contribution is 5.89. The van der Waals surface area contributed by atoms with Gasteiger partial charge in [-0.05, 0) is 54.8 Å². The van der Waals surface area contributed by atoms with Crippen LogP contribution in [0.5, 0.6) is 5.75 Å². The number of carbonyl (C=O) groups is 3. The topological polar surface area (TPSA) is 90.9 Å². The number of hydrogen-bond donors (Lipinski definition) is 1. The maximum atomic E-state index is 11.8. The summed E-state index contributed by atoms with van der Waals surface area (Å²) < 4.78 is 14.9. The molecule has 7 nitrogen and oxygen atoms in total. The Morgan fingerprint density at radius 3 is 2.18 bits per heavy atom. The Hall–Kier alpha value is -3.35. The standard InChI is InChI=1S/C21H23NO6/c1-14-8-15(2)10-18(9-14)27-13-20(24)28-12-19(23)22-11-16-4-6-17(7-5-16)21(25)26-3/h4-10H,11-13H2,1-3H3,(H,22,23). The molecule has 0 aliphatic carbocycles. The van der Waals surface area contributed by atoms with Crippen molar-refractivity contribution in [2.24, 2.45) is 0 Å². The minimum Gasteiger partial charge on any atom is -0.482 e. The van der Waals surface area contributed by atoms with E-state index in [-0.39, 0.29) is 13.2 Å². The van der Waals surface area contributed by atoms with E-state index in [4.69, 9.17) is 9.47 Å². The molecule has 0 fully saturated rings. The second-order valence-electron chi connectivity index (χ2n) is 6.24. The Labute approximate surface area is 163 Å². The molecule has 2 aromatic rings. The van der Waals surface area contributed by atoms with Crippen LogP contribution < -0.4 is 10.1 Å². The van der Waals surface area contributed by atoms with Crippen LogP contribution in [-0.2, 0) is 25.6 Å². The van der Waals surface area contributed by atoms with Gasteiger partial charge in [0.05, 0.1) is 12.7 Å². The Morgan fingerprint density at radius 1 is 0.929 bits per heavy atom. The van der Waals surface area contributed by atoms with Gasteiger partial charge in [-0.2, -0.15) is 0 Å². The third-order valence-corrected chi connectivity index (χ3v) is 3.78. The van der Waals surface area contributed by atoms with Crippen molar-refractivity contribution >= 4 is 17.8 Å². The molecule has 0 aliphatic heterocycles. The number of benzene rings is 2. The molecule has 1 N–H and O–H groups in total. The van der Waals surface area contributed by atoms with Crippen LogP contribution in [0.2, 0.25) is 0 Å². The summed E-state index contributed by atoms with van der Waals surface area (Å²) in [6.45, 7) is 3.45. The van der Waals surface area contributed by atoms with Gasteiger partial charge in [-0.3, -0.25) is 4.79 Å². The van der Waals surface area contributed by atoms with E-state index in [0.29, 0.717) is 11.3 Å². The SMILES string of the molecule is COC(=O)c1ccc(CNC(=O)COC(=O)COc2cc(C)cc(C)c2)cc1. The molecule has 0 radical (unpaired) electrons. The number of ether oxygens (including phenoxy) is 3. The van der Waals surface area contributed by atoms with Gasteiger partial charge in [0.15, 0.2) is 13.2 Å². The van der Waals surface area contributed by atoms with Gasteiger partial charge in [-0.25, -0.2) is 9.59 Å². The quantitative estimate of drug-likeness (QED) is 0.702. The summed E-state index contributed by atoms with van der Waals surface area (Å²) >= 11 is 0. The van der Waals surface area contributed by atoms with Gasteiger partial charge >= 0.3 is 11.9 Å². The highest BCUT2D eigenvalue weighted by Crippen LogP contribution is 2.16.